The maximum Gasteiger partial charge on any atom is 0.475 e. The zero-order valence-corrected chi connectivity index (χ0v) is 14.4. The highest BCUT2D eigenvalue weighted by molar-refractivity contribution is 6.43. The second kappa shape index (κ2) is 9.13. The summed E-state index contributed by atoms with van der Waals surface area (Å²) in [5.41, 5.74) is 0.160. The first-order chi connectivity index (χ1) is 10.7. The van der Waals surface area contributed by atoms with Crippen LogP contribution in [0.4, 0.5) is 0 Å². The Kier molecular flexibility index (Phi) is 7.84. The van der Waals surface area contributed by atoms with Crippen molar-refractivity contribution >= 4 is 42.1 Å². The summed E-state index contributed by atoms with van der Waals surface area (Å²) in [5.74, 6) is -1.70. The molecule has 0 radical (unpaired) electrons. The van der Waals surface area contributed by atoms with Gasteiger partial charge in [-0.15, -0.1) is 0 Å². The quantitative estimate of drug-likeness (QED) is 0.550. The molecule has 0 fully saturated rings. The van der Waals surface area contributed by atoms with Crippen LogP contribution in [0.15, 0.2) is 18.2 Å². The maximum absolute atomic E-state index is 12.0. The number of hydrogen-bond donors (Lipinski definition) is 4. The van der Waals surface area contributed by atoms with Gasteiger partial charge in [0.15, 0.2) is 0 Å². The lowest BCUT2D eigenvalue weighted by Crippen LogP contribution is -2.50. The number of rotatable bonds is 7. The van der Waals surface area contributed by atoms with Crippen molar-refractivity contribution in [2.45, 2.75) is 26.2 Å². The third-order valence-corrected chi connectivity index (χ3v) is 3.58. The molecule has 0 aliphatic heterocycles. The average molecular weight is 361 g/mol. The summed E-state index contributed by atoms with van der Waals surface area (Å²) in [7, 11) is -1.67. The van der Waals surface area contributed by atoms with Crippen LogP contribution in [0.2, 0.25) is 10.0 Å². The first kappa shape index (κ1) is 19.8. The summed E-state index contributed by atoms with van der Waals surface area (Å²) >= 11 is 11.7. The zero-order chi connectivity index (χ0) is 17.6. The minimum absolute atomic E-state index is 0.160. The molecular weight excluding hydrogens is 342 g/mol. The van der Waals surface area contributed by atoms with E-state index >= 15 is 0 Å². The van der Waals surface area contributed by atoms with Crippen molar-refractivity contribution in [3.05, 3.63) is 33.8 Å². The van der Waals surface area contributed by atoms with E-state index in [4.69, 9.17) is 23.2 Å². The van der Waals surface area contributed by atoms with E-state index in [1.54, 1.807) is 6.07 Å². The first-order valence-electron chi connectivity index (χ1n) is 7.09. The predicted molar refractivity (Wildman–Crippen MR) is 90.4 cm³/mol. The molecule has 0 saturated heterocycles. The molecule has 0 aromatic heterocycles. The number of hydrogen-bond acceptors (Lipinski definition) is 4. The minimum atomic E-state index is -1.67. The lowest BCUT2D eigenvalue weighted by molar-refractivity contribution is -0.120. The van der Waals surface area contributed by atoms with Gasteiger partial charge in [-0.3, -0.25) is 9.59 Å². The monoisotopic (exact) mass is 360 g/mol. The molecule has 1 unspecified atom stereocenters. The molecule has 4 N–H and O–H groups in total. The first-order valence-corrected chi connectivity index (χ1v) is 7.85. The Morgan fingerprint density at radius 1 is 1.26 bits per heavy atom. The third-order valence-electron chi connectivity index (χ3n) is 3.01. The second-order valence-electron chi connectivity index (χ2n) is 5.52. The number of carbonyl (C=O) groups is 2. The average Bonchev–Trinajstić information content (AvgIpc) is 2.46. The van der Waals surface area contributed by atoms with Gasteiger partial charge in [0, 0.05) is 5.02 Å². The molecule has 1 atom stereocenters. The molecule has 0 saturated carbocycles. The number of benzene rings is 1. The van der Waals surface area contributed by atoms with E-state index in [1.165, 1.54) is 12.1 Å². The summed E-state index contributed by atoms with van der Waals surface area (Å²) in [6, 6.07) is 4.43. The van der Waals surface area contributed by atoms with Gasteiger partial charge in [0.25, 0.3) is 5.91 Å². The van der Waals surface area contributed by atoms with Crippen LogP contribution in [-0.4, -0.2) is 41.5 Å². The van der Waals surface area contributed by atoms with E-state index in [-0.39, 0.29) is 23.0 Å². The van der Waals surface area contributed by atoms with Crippen LogP contribution in [0.25, 0.3) is 0 Å². The number of halogens is 2. The Bertz CT molecular complexity index is 570. The maximum atomic E-state index is 12.0. The molecular formula is C14H19BCl2N2O4. The summed E-state index contributed by atoms with van der Waals surface area (Å²) in [6.45, 7) is 3.47. The van der Waals surface area contributed by atoms with Crippen LogP contribution in [0.1, 0.15) is 30.6 Å². The van der Waals surface area contributed by atoms with Crippen molar-refractivity contribution in [3.63, 3.8) is 0 Å². The van der Waals surface area contributed by atoms with Gasteiger partial charge in [0.2, 0.25) is 5.91 Å². The van der Waals surface area contributed by atoms with Crippen molar-refractivity contribution in [2.75, 3.05) is 6.54 Å². The van der Waals surface area contributed by atoms with E-state index in [9.17, 15) is 19.6 Å². The Balaban J connectivity index is 2.58. The second-order valence-corrected chi connectivity index (χ2v) is 6.37. The lowest BCUT2D eigenvalue weighted by Gasteiger charge is -2.19. The van der Waals surface area contributed by atoms with Crippen LogP contribution in [0.3, 0.4) is 0 Å². The van der Waals surface area contributed by atoms with Crippen LogP contribution < -0.4 is 10.6 Å². The van der Waals surface area contributed by atoms with E-state index in [2.05, 4.69) is 10.6 Å². The van der Waals surface area contributed by atoms with Gasteiger partial charge in [-0.2, -0.15) is 0 Å². The Morgan fingerprint density at radius 2 is 1.91 bits per heavy atom. The van der Waals surface area contributed by atoms with Gasteiger partial charge in [0.1, 0.15) is 0 Å². The Hall–Kier alpha value is -1.28. The molecule has 6 nitrogen and oxygen atoms in total. The predicted octanol–water partition coefficient (Wildman–Crippen LogP) is 1.27. The van der Waals surface area contributed by atoms with E-state index in [0.29, 0.717) is 11.4 Å². The normalized spacial score (nSPS) is 12.0. The molecule has 0 heterocycles. The van der Waals surface area contributed by atoms with Crippen LogP contribution in [0.5, 0.6) is 0 Å². The third kappa shape index (κ3) is 6.79. The molecule has 2 amide bonds. The summed E-state index contributed by atoms with van der Waals surface area (Å²) in [4.78, 5) is 23.8. The van der Waals surface area contributed by atoms with Crippen molar-refractivity contribution in [2.24, 2.45) is 5.92 Å². The topological polar surface area (TPSA) is 98.7 Å². The SMILES string of the molecule is CC(C)CC(NC(=O)CNC(=O)c1cc(Cl)ccc1Cl)B(O)O. The molecule has 1 aromatic carbocycles. The minimum Gasteiger partial charge on any atom is -0.426 e. The molecule has 1 aromatic rings. The van der Waals surface area contributed by atoms with Crippen molar-refractivity contribution in [1.29, 1.82) is 0 Å². The van der Waals surface area contributed by atoms with Gasteiger partial charge in [-0.05, 0) is 30.5 Å². The largest absolute Gasteiger partial charge is 0.475 e. The summed E-state index contributed by atoms with van der Waals surface area (Å²) in [5, 5.41) is 24.0. The van der Waals surface area contributed by atoms with E-state index in [0.717, 1.165) is 0 Å². The molecule has 0 spiro atoms. The molecule has 23 heavy (non-hydrogen) atoms. The Labute approximate surface area is 145 Å². The lowest BCUT2D eigenvalue weighted by atomic mass is 9.75. The number of nitrogens with one attached hydrogen (secondary N) is 2. The molecule has 126 valence electrons. The van der Waals surface area contributed by atoms with Crippen LogP contribution in [0, 0.1) is 5.92 Å². The van der Waals surface area contributed by atoms with Crippen molar-refractivity contribution in [1.82, 2.24) is 10.6 Å². The fourth-order valence-corrected chi connectivity index (χ4v) is 2.32. The standard InChI is InChI=1S/C14H19BCl2N2O4/c1-8(2)5-12(15(22)23)19-13(20)7-18-14(21)10-6-9(16)3-4-11(10)17/h3-4,6,8,12,22-23H,5,7H2,1-2H3,(H,18,21)(H,19,20). The van der Waals surface area contributed by atoms with Gasteiger partial charge in [0.05, 0.1) is 23.1 Å². The fourth-order valence-electron chi connectivity index (χ4n) is 1.95. The van der Waals surface area contributed by atoms with E-state index < -0.39 is 24.9 Å². The fraction of sp³-hybridized carbons (Fsp3) is 0.429. The molecule has 1 rings (SSSR count). The number of carbonyl (C=O) groups excluding carboxylic acids is 2. The van der Waals surface area contributed by atoms with Crippen molar-refractivity contribution in [3.8, 4) is 0 Å². The highest BCUT2D eigenvalue weighted by Crippen LogP contribution is 2.20. The van der Waals surface area contributed by atoms with Crippen LogP contribution in [-0.2, 0) is 4.79 Å². The van der Waals surface area contributed by atoms with Gasteiger partial charge < -0.3 is 20.7 Å². The van der Waals surface area contributed by atoms with Crippen LogP contribution >= 0.6 is 23.2 Å². The molecule has 0 aliphatic rings. The molecule has 0 bridgehead atoms. The summed E-state index contributed by atoms with van der Waals surface area (Å²) in [6.07, 6.45) is 0.400. The number of amides is 2. The molecule has 0 aliphatic carbocycles. The highest BCUT2D eigenvalue weighted by Gasteiger charge is 2.26. The highest BCUT2D eigenvalue weighted by atomic mass is 35.5. The summed E-state index contributed by atoms with van der Waals surface area (Å²) < 4.78 is 0. The van der Waals surface area contributed by atoms with Gasteiger partial charge in [-0.1, -0.05) is 37.0 Å². The van der Waals surface area contributed by atoms with Gasteiger partial charge in [-0.25, -0.2) is 0 Å². The van der Waals surface area contributed by atoms with E-state index in [1.807, 2.05) is 13.8 Å². The molecule has 9 heteroatoms. The Morgan fingerprint density at radius 3 is 2.48 bits per heavy atom. The van der Waals surface area contributed by atoms with Gasteiger partial charge >= 0.3 is 7.12 Å². The smallest absolute Gasteiger partial charge is 0.426 e. The van der Waals surface area contributed by atoms with Crippen molar-refractivity contribution < 1.29 is 19.6 Å². The zero-order valence-electron chi connectivity index (χ0n) is 12.8.